The van der Waals surface area contributed by atoms with E-state index >= 15 is 0 Å². The van der Waals surface area contributed by atoms with Crippen molar-refractivity contribution in [2.75, 3.05) is 5.32 Å². The van der Waals surface area contributed by atoms with Crippen molar-refractivity contribution in [2.45, 2.75) is 18.9 Å². The van der Waals surface area contributed by atoms with Crippen molar-refractivity contribution in [1.82, 2.24) is 15.1 Å². The summed E-state index contributed by atoms with van der Waals surface area (Å²) in [6, 6.07) is 3.47. The van der Waals surface area contributed by atoms with Gasteiger partial charge in [0.15, 0.2) is 0 Å². The Labute approximate surface area is 137 Å². The Morgan fingerprint density at radius 2 is 2.12 bits per heavy atom. The summed E-state index contributed by atoms with van der Waals surface area (Å²) in [6.45, 7) is 0. The Morgan fingerprint density at radius 3 is 2.75 bits per heavy atom. The van der Waals surface area contributed by atoms with Gasteiger partial charge in [-0.1, -0.05) is 0 Å². The van der Waals surface area contributed by atoms with Crippen LogP contribution in [0.2, 0.25) is 0 Å². The minimum Gasteiger partial charge on any atom is -0.481 e. The van der Waals surface area contributed by atoms with E-state index < -0.39 is 23.7 Å². The molecule has 2 amide bonds. The van der Waals surface area contributed by atoms with E-state index in [1.54, 1.807) is 24.1 Å². The summed E-state index contributed by atoms with van der Waals surface area (Å²) in [6.07, 6.45) is 4.14. The minimum atomic E-state index is -0.842. The second-order valence-corrected chi connectivity index (χ2v) is 5.89. The Morgan fingerprint density at radius 1 is 1.38 bits per heavy atom. The Balaban J connectivity index is 1.69. The van der Waals surface area contributed by atoms with Gasteiger partial charge in [0.2, 0.25) is 0 Å². The predicted molar refractivity (Wildman–Crippen MR) is 84.9 cm³/mol. The summed E-state index contributed by atoms with van der Waals surface area (Å²) in [5, 5.41) is 18.3. The SMILES string of the molecule is Cn1cc(-c2cc(F)ccc2NC(=O)NC2CC(C(=O)O)C2)cn1. The molecule has 1 fully saturated rings. The molecule has 1 aromatic carbocycles. The zero-order chi connectivity index (χ0) is 17.3. The average molecular weight is 332 g/mol. The molecule has 0 unspecified atom stereocenters. The first-order valence-corrected chi connectivity index (χ1v) is 7.51. The molecule has 3 rings (SSSR count). The van der Waals surface area contributed by atoms with Crippen molar-refractivity contribution in [1.29, 1.82) is 0 Å². The van der Waals surface area contributed by atoms with Gasteiger partial charge in [-0.05, 0) is 31.0 Å². The van der Waals surface area contributed by atoms with E-state index in [1.165, 1.54) is 18.2 Å². The van der Waals surface area contributed by atoms with Gasteiger partial charge in [0, 0.05) is 30.4 Å². The molecule has 24 heavy (non-hydrogen) atoms. The number of nitrogens with zero attached hydrogens (tertiary/aromatic N) is 2. The number of aliphatic carboxylic acids is 1. The molecule has 0 spiro atoms. The summed E-state index contributed by atoms with van der Waals surface area (Å²) < 4.78 is 15.1. The maximum absolute atomic E-state index is 13.6. The van der Waals surface area contributed by atoms with Gasteiger partial charge in [-0.2, -0.15) is 5.10 Å². The van der Waals surface area contributed by atoms with Crippen molar-refractivity contribution in [2.24, 2.45) is 13.0 Å². The molecule has 1 heterocycles. The van der Waals surface area contributed by atoms with Gasteiger partial charge in [0.25, 0.3) is 0 Å². The van der Waals surface area contributed by atoms with E-state index in [2.05, 4.69) is 15.7 Å². The lowest BCUT2D eigenvalue weighted by Gasteiger charge is -2.32. The maximum Gasteiger partial charge on any atom is 0.319 e. The van der Waals surface area contributed by atoms with Gasteiger partial charge in [-0.15, -0.1) is 0 Å². The monoisotopic (exact) mass is 332 g/mol. The number of carboxylic acid groups (broad SMARTS) is 1. The normalized spacial score (nSPS) is 19.4. The van der Waals surface area contributed by atoms with Crippen LogP contribution < -0.4 is 10.6 Å². The Hall–Kier alpha value is -2.90. The highest BCUT2D eigenvalue weighted by molar-refractivity contribution is 5.94. The number of aromatic nitrogens is 2. The standard InChI is InChI=1S/C16H17FN4O3/c1-21-8-10(7-18-21)13-6-11(17)2-3-14(13)20-16(24)19-12-4-9(5-12)15(22)23/h2-3,6-9,12H,4-5H2,1H3,(H,22,23)(H2,19,20,24). The number of urea groups is 1. The predicted octanol–water partition coefficient (Wildman–Crippen LogP) is 2.21. The molecule has 1 aliphatic carbocycles. The van der Waals surface area contributed by atoms with Crippen molar-refractivity contribution >= 4 is 17.7 Å². The molecule has 1 saturated carbocycles. The summed E-state index contributed by atoms with van der Waals surface area (Å²) in [7, 11) is 1.75. The Kier molecular flexibility index (Phi) is 4.20. The van der Waals surface area contributed by atoms with E-state index in [9.17, 15) is 14.0 Å². The topological polar surface area (TPSA) is 96.2 Å². The third-order valence-corrected chi connectivity index (χ3v) is 4.07. The third kappa shape index (κ3) is 3.37. The van der Waals surface area contributed by atoms with Gasteiger partial charge < -0.3 is 15.7 Å². The van der Waals surface area contributed by atoms with Crippen LogP contribution in [0.15, 0.2) is 30.6 Å². The van der Waals surface area contributed by atoms with Crippen LogP contribution in [0.25, 0.3) is 11.1 Å². The molecule has 0 saturated heterocycles. The van der Waals surface area contributed by atoms with Crippen molar-refractivity contribution in [3.63, 3.8) is 0 Å². The van der Waals surface area contributed by atoms with Crippen LogP contribution in [-0.4, -0.2) is 32.9 Å². The number of benzene rings is 1. The molecule has 1 aliphatic rings. The minimum absolute atomic E-state index is 0.159. The number of carboxylic acids is 1. The zero-order valence-corrected chi connectivity index (χ0v) is 13.0. The first-order chi connectivity index (χ1) is 11.4. The second kappa shape index (κ2) is 6.31. The molecule has 0 bridgehead atoms. The first-order valence-electron chi connectivity index (χ1n) is 7.51. The van der Waals surface area contributed by atoms with Crippen LogP contribution in [-0.2, 0) is 11.8 Å². The number of halogens is 1. The lowest BCUT2D eigenvalue weighted by molar-refractivity contribution is -0.145. The fraction of sp³-hybridized carbons (Fsp3) is 0.312. The van der Waals surface area contributed by atoms with Crippen LogP contribution >= 0.6 is 0 Å². The molecule has 3 N–H and O–H groups in total. The molecule has 7 nitrogen and oxygen atoms in total. The lowest BCUT2D eigenvalue weighted by atomic mass is 9.80. The molecule has 1 aromatic heterocycles. The zero-order valence-electron chi connectivity index (χ0n) is 13.0. The number of anilines is 1. The van der Waals surface area contributed by atoms with Crippen LogP contribution in [0.4, 0.5) is 14.9 Å². The van der Waals surface area contributed by atoms with Crippen molar-refractivity contribution in [3.8, 4) is 11.1 Å². The quantitative estimate of drug-likeness (QED) is 0.800. The van der Waals surface area contributed by atoms with Crippen LogP contribution in [0, 0.1) is 11.7 Å². The second-order valence-electron chi connectivity index (χ2n) is 5.89. The smallest absolute Gasteiger partial charge is 0.319 e. The molecule has 2 aromatic rings. The molecule has 126 valence electrons. The third-order valence-electron chi connectivity index (χ3n) is 4.07. The number of hydrogen-bond donors (Lipinski definition) is 3. The van der Waals surface area contributed by atoms with Crippen molar-refractivity contribution < 1.29 is 19.1 Å². The number of nitrogens with one attached hydrogen (secondary N) is 2. The molecule has 8 heteroatoms. The summed E-state index contributed by atoms with van der Waals surface area (Å²) in [5.74, 6) is -1.65. The van der Waals surface area contributed by atoms with E-state index in [0.717, 1.165) is 0 Å². The van der Waals surface area contributed by atoms with E-state index in [1.807, 2.05) is 0 Å². The van der Waals surface area contributed by atoms with Gasteiger partial charge in [-0.25, -0.2) is 9.18 Å². The summed E-state index contributed by atoms with van der Waals surface area (Å²) in [4.78, 5) is 22.8. The van der Waals surface area contributed by atoms with E-state index in [0.29, 0.717) is 29.7 Å². The van der Waals surface area contributed by atoms with Gasteiger partial charge in [0.05, 0.1) is 17.8 Å². The van der Waals surface area contributed by atoms with Gasteiger partial charge >= 0.3 is 12.0 Å². The van der Waals surface area contributed by atoms with Crippen LogP contribution in [0.5, 0.6) is 0 Å². The average Bonchev–Trinajstić information content (AvgIpc) is 2.90. The molecule has 0 atom stereocenters. The van der Waals surface area contributed by atoms with Crippen LogP contribution in [0.1, 0.15) is 12.8 Å². The fourth-order valence-corrected chi connectivity index (χ4v) is 2.71. The number of carbonyl (C=O) groups is 2. The number of amides is 2. The number of carbonyl (C=O) groups excluding carboxylic acids is 1. The maximum atomic E-state index is 13.6. The number of hydrogen-bond acceptors (Lipinski definition) is 3. The highest BCUT2D eigenvalue weighted by atomic mass is 19.1. The van der Waals surface area contributed by atoms with Gasteiger partial charge in [0.1, 0.15) is 5.82 Å². The first kappa shape index (κ1) is 16.0. The highest BCUT2D eigenvalue weighted by Crippen LogP contribution is 2.30. The highest BCUT2D eigenvalue weighted by Gasteiger charge is 2.35. The molecule has 0 radical (unpaired) electrons. The summed E-state index contributed by atoms with van der Waals surface area (Å²) >= 11 is 0. The molecule has 0 aliphatic heterocycles. The largest absolute Gasteiger partial charge is 0.481 e. The molecular formula is C16H17FN4O3. The van der Waals surface area contributed by atoms with E-state index in [-0.39, 0.29) is 6.04 Å². The molecular weight excluding hydrogens is 315 g/mol. The number of aryl methyl sites for hydroxylation is 1. The van der Waals surface area contributed by atoms with Gasteiger partial charge in [-0.3, -0.25) is 9.48 Å². The van der Waals surface area contributed by atoms with Crippen LogP contribution in [0.3, 0.4) is 0 Å². The van der Waals surface area contributed by atoms with Crippen molar-refractivity contribution in [3.05, 3.63) is 36.4 Å². The summed E-state index contributed by atoms with van der Waals surface area (Å²) in [5.41, 5.74) is 1.66. The Bertz CT molecular complexity index is 783. The number of rotatable bonds is 4. The lowest BCUT2D eigenvalue weighted by Crippen LogP contribution is -2.48. The van der Waals surface area contributed by atoms with E-state index in [4.69, 9.17) is 5.11 Å². The fourth-order valence-electron chi connectivity index (χ4n) is 2.71.